The lowest BCUT2D eigenvalue weighted by atomic mass is 10.1. The van der Waals surface area contributed by atoms with Gasteiger partial charge in [0.2, 0.25) is 5.88 Å². The van der Waals surface area contributed by atoms with Crippen LogP contribution in [-0.2, 0) is 0 Å². The van der Waals surface area contributed by atoms with Gasteiger partial charge in [0.25, 0.3) is 0 Å². The van der Waals surface area contributed by atoms with Gasteiger partial charge in [-0.3, -0.25) is 0 Å². The van der Waals surface area contributed by atoms with Crippen molar-refractivity contribution in [2.75, 3.05) is 27.2 Å². The number of hydrogen-bond donors (Lipinski definition) is 1. The van der Waals surface area contributed by atoms with Gasteiger partial charge in [-0.2, -0.15) is 0 Å². The van der Waals surface area contributed by atoms with Crippen LogP contribution >= 0.6 is 0 Å². The Labute approximate surface area is 97.4 Å². The Kier molecular flexibility index (Phi) is 5.22. The zero-order valence-electron chi connectivity index (χ0n) is 10.3. The second-order valence-corrected chi connectivity index (χ2v) is 4.22. The molecular formula is C12H21N3O. The average molecular weight is 223 g/mol. The minimum Gasteiger partial charge on any atom is -0.478 e. The summed E-state index contributed by atoms with van der Waals surface area (Å²) in [6, 6.07) is 3.84. The molecule has 1 aromatic heterocycles. The quantitative estimate of drug-likeness (QED) is 0.741. The lowest BCUT2D eigenvalue weighted by Crippen LogP contribution is -2.15. The average Bonchev–Trinajstić information content (AvgIpc) is 2.24. The third-order valence-electron chi connectivity index (χ3n) is 2.28. The fourth-order valence-electron chi connectivity index (χ4n) is 1.34. The number of hydrogen-bond acceptors (Lipinski definition) is 4. The molecule has 0 bridgehead atoms. The summed E-state index contributed by atoms with van der Waals surface area (Å²) in [6.45, 7) is 3.66. The Hall–Kier alpha value is -1.13. The Bertz CT molecular complexity index is 313. The van der Waals surface area contributed by atoms with Crippen LogP contribution in [0.25, 0.3) is 0 Å². The molecule has 2 N–H and O–H groups in total. The predicted octanol–water partition coefficient (Wildman–Crippen LogP) is 1.43. The van der Waals surface area contributed by atoms with E-state index >= 15 is 0 Å². The third kappa shape index (κ3) is 4.59. The van der Waals surface area contributed by atoms with Crippen LogP contribution in [0.15, 0.2) is 18.3 Å². The summed E-state index contributed by atoms with van der Waals surface area (Å²) in [6.07, 6.45) is 2.73. The second-order valence-electron chi connectivity index (χ2n) is 4.22. The van der Waals surface area contributed by atoms with Gasteiger partial charge in [-0.05, 0) is 39.1 Å². The van der Waals surface area contributed by atoms with E-state index < -0.39 is 0 Å². The number of rotatable bonds is 6. The van der Waals surface area contributed by atoms with Gasteiger partial charge in [0.15, 0.2) is 0 Å². The summed E-state index contributed by atoms with van der Waals surface area (Å²) in [7, 11) is 4.10. The van der Waals surface area contributed by atoms with Gasteiger partial charge in [-0.15, -0.1) is 0 Å². The van der Waals surface area contributed by atoms with Crippen molar-refractivity contribution < 1.29 is 4.74 Å². The number of nitrogens with zero attached hydrogens (tertiary/aromatic N) is 2. The fraction of sp³-hybridized carbons (Fsp3) is 0.583. The van der Waals surface area contributed by atoms with Gasteiger partial charge in [0, 0.05) is 24.8 Å². The first kappa shape index (κ1) is 12.9. The molecule has 0 amide bonds. The molecule has 0 unspecified atom stereocenters. The molecule has 0 aliphatic heterocycles. The molecule has 0 radical (unpaired) electrons. The molecule has 1 heterocycles. The monoisotopic (exact) mass is 223 g/mol. The SMILES string of the molecule is C[C@H](N)c1ccnc(OCCCN(C)C)c1. The number of ether oxygens (including phenoxy) is 1. The topological polar surface area (TPSA) is 51.4 Å². The normalized spacial score (nSPS) is 12.8. The molecule has 4 nitrogen and oxygen atoms in total. The number of nitrogens with two attached hydrogens (primary N) is 1. The molecule has 0 aliphatic rings. The zero-order chi connectivity index (χ0) is 12.0. The molecule has 0 saturated carbocycles. The number of aromatic nitrogens is 1. The van der Waals surface area contributed by atoms with E-state index in [9.17, 15) is 0 Å². The van der Waals surface area contributed by atoms with Crippen molar-refractivity contribution in [3.8, 4) is 5.88 Å². The van der Waals surface area contributed by atoms with Gasteiger partial charge in [0.1, 0.15) is 0 Å². The molecule has 1 atom stereocenters. The molecule has 0 saturated heterocycles. The van der Waals surface area contributed by atoms with E-state index in [-0.39, 0.29) is 6.04 Å². The maximum atomic E-state index is 5.79. The summed E-state index contributed by atoms with van der Waals surface area (Å²) in [5, 5.41) is 0. The molecular weight excluding hydrogens is 202 g/mol. The highest BCUT2D eigenvalue weighted by Crippen LogP contribution is 2.14. The van der Waals surface area contributed by atoms with Gasteiger partial charge < -0.3 is 15.4 Å². The van der Waals surface area contributed by atoms with Crippen LogP contribution in [0.4, 0.5) is 0 Å². The van der Waals surface area contributed by atoms with Crippen LogP contribution < -0.4 is 10.5 Å². The Morgan fingerprint density at radius 3 is 2.88 bits per heavy atom. The first-order valence-corrected chi connectivity index (χ1v) is 5.58. The van der Waals surface area contributed by atoms with Crippen molar-refractivity contribution in [2.45, 2.75) is 19.4 Å². The van der Waals surface area contributed by atoms with E-state index in [1.165, 1.54) is 0 Å². The molecule has 0 aromatic carbocycles. The second kappa shape index (κ2) is 6.45. The Balaban J connectivity index is 2.39. The molecule has 1 rings (SSSR count). The lowest BCUT2D eigenvalue weighted by Gasteiger charge is -2.11. The molecule has 4 heteroatoms. The van der Waals surface area contributed by atoms with Crippen molar-refractivity contribution in [1.82, 2.24) is 9.88 Å². The summed E-state index contributed by atoms with van der Waals surface area (Å²) in [4.78, 5) is 6.28. The maximum Gasteiger partial charge on any atom is 0.213 e. The van der Waals surface area contributed by atoms with Crippen molar-refractivity contribution in [3.05, 3.63) is 23.9 Å². The van der Waals surface area contributed by atoms with Gasteiger partial charge in [-0.25, -0.2) is 4.98 Å². The van der Waals surface area contributed by atoms with Crippen LogP contribution in [-0.4, -0.2) is 37.1 Å². The molecule has 16 heavy (non-hydrogen) atoms. The van der Waals surface area contributed by atoms with E-state index in [1.54, 1.807) is 6.20 Å². The van der Waals surface area contributed by atoms with Crippen LogP contribution in [0, 0.1) is 0 Å². The van der Waals surface area contributed by atoms with Crippen LogP contribution in [0.1, 0.15) is 24.9 Å². The standard InChI is InChI=1S/C12H21N3O/c1-10(13)11-5-6-14-12(9-11)16-8-4-7-15(2)3/h5-6,9-10H,4,7-8,13H2,1-3H3/t10-/m0/s1. The van der Waals surface area contributed by atoms with E-state index in [0.717, 1.165) is 18.5 Å². The zero-order valence-corrected chi connectivity index (χ0v) is 10.3. The van der Waals surface area contributed by atoms with E-state index in [2.05, 4.69) is 24.0 Å². The molecule has 0 spiro atoms. The van der Waals surface area contributed by atoms with Crippen molar-refractivity contribution in [1.29, 1.82) is 0 Å². The van der Waals surface area contributed by atoms with Crippen LogP contribution in [0.3, 0.4) is 0 Å². The van der Waals surface area contributed by atoms with Crippen LogP contribution in [0.5, 0.6) is 5.88 Å². The third-order valence-corrected chi connectivity index (χ3v) is 2.28. The summed E-state index contributed by atoms with van der Waals surface area (Å²) in [5.41, 5.74) is 6.84. The van der Waals surface area contributed by atoms with E-state index in [1.807, 2.05) is 19.1 Å². The largest absolute Gasteiger partial charge is 0.478 e. The number of pyridine rings is 1. The minimum absolute atomic E-state index is 0.0205. The lowest BCUT2D eigenvalue weighted by molar-refractivity contribution is 0.273. The van der Waals surface area contributed by atoms with E-state index in [0.29, 0.717) is 12.5 Å². The van der Waals surface area contributed by atoms with Crippen LogP contribution in [0.2, 0.25) is 0 Å². The first-order valence-electron chi connectivity index (χ1n) is 5.58. The highest BCUT2D eigenvalue weighted by atomic mass is 16.5. The molecule has 1 aromatic rings. The van der Waals surface area contributed by atoms with Gasteiger partial charge >= 0.3 is 0 Å². The van der Waals surface area contributed by atoms with E-state index in [4.69, 9.17) is 10.5 Å². The Morgan fingerprint density at radius 1 is 1.50 bits per heavy atom. The first-order chi connectivity index (χ1) is 7.59. The minimum atomic E-state index is 0.0205. The van der Waals surface area contributed by atoms with Crippen molar-refractivity contribution >= 4 is 0 Å². The maximum absolute atomic E-state index is 5.79. The van der Waals surface area contributed by atoms with Crippen molar-refractivity contribution in [2.24, 2.45) is 5.73 Å². The summed E-state index contributed by atoms with van der Waals surface area (Å²) < 4.78 is 5.55. The summed E-state index contributed by atoms with van der Waals surface area (Å²) >= 11 is 0. The molecule has 90 valence electrons. The van der Waals surface area contributed by atoms with Crippen molar-refractivity contribution in [3.63, 3.8) is 0 Å². The highest BCUT2D eigenvalue weighted by Gasteiger charge is 2.02. The summed E-state index contributed by atoms with van der Waals surface area (Å²) in [5.74, 6) is 0.661. The molecule has 0 aliphatic carbocycles. The molecule has 0 fully saturated rings. The fourth-order valence-corrected chi connectivity index (χ4v) is 1.34. The van der Waals surface area contributed by atoms with Gasteiger partial charge in [0.05, 0.1) is 6.61 Å². The van der Waals surface area contributed by atoms with Gasteiger partial charge in [-0.1, -0.05) is 0 Å². The Morgan fingerprint density at radius 2 is 2.25 bits per heavy atom. The smallest absolute Gasteiger partial charge is 0.213 e. The predicted molar refractivity (Wildman–Crippen MR) is 65.5 cm³/mol. The highest BCUT2D eigenvalue weighted by molar-refractivity contribution is 5.22.